The molecule has 0 spiro atoms. The standard InChI is InChI=1S/C18H19ClN4O2/c1-4-25-18(24)13-10-21-17(8-16(13)22-11(2)3)23-15-6-5-12(9-20)7-14(15)19/h5-8,10-11H,4H2,1-3H3,(H2,21,22,23). The number of ether oxygens (including phenoxy) is 1. The number of rotatable bonds is 6. The van der Waals surface area contributed by atoms with Gasteiger partial charge in [-0.15, -0.1) is 0 Å². The van der Waals surface area contributed by atoms with Gasteiger partial charge in [0.1, 0.15) is 11.4 Å². The van der Waals surface area contributed by atoms with Gasteiger partial charge in [0, 0.05) is 18.3 Å². The van der Waals surface area contributed by atoms with Gasteiger partial charge in [0.15, 0.2) is 0 Å². The molecule has 0 aliphatic heterocycles. The second-order valence-electron chi connectivity index (χ2n) is 5.57. The topological polar surface area (TPSA) is 87.0 Å². The summed E-state index contributed by atoms with van der Waals surface area (Å²) in [4.78, 5) is 16.3. The van der Waals surface area contributed by atoms with Crippen molar-refractivity contribution >= 4 is 34.8 Å². The van der Waals surface area contributed by atoms with E-state index in [0.29, 0.717) is 39.9 Å². The quantitative estimate of drug-likeness (QED) is 0.746. The van der Waals surface area contributed by atoms with E-state index in [2.05, 4.69) is 15.6 Å². The number of nitrogens with zero attached hydrogens (tertiary/aromatic N) is 2. The van der Waals surface area contributed by atoms with E-state index >= 15 is 0 Å². The van der Waals surface area contributed by atoms with Gasteiger partial charge < -0.3 is 15.4 Å². The maximum atomic E-state index is 12.1. The molecular formula is C18H19ClN4O2. The van der Waals surface area contributed by atoms with Gasteiger partial charge in [-0.2, -0.15) is 5.26 Å². The third kappa shape index (κ3) is 4.85. The summed E-state index contributed by atoms with van der Waals surface area (Å²) < 4.78 is 5.06. The van der Waals surface area contributed by atoms with Crippen LogP contribution in [0.1, 0.15) is 36.7 Å². The molecule has 2 aromatic rings. The number of pyridine rings is 1. The van der Waals surface area contributed by atoms with Crippen LogP contribution < -0.4 is 10.6 Å². The normalized spacial score (nSPS) is 10.2. The maximum absolute atomic E-state index is 12.1. The number of nitriles is 1. The molecule has 6 nitrogen and oxygen atoms in total. The Morgan fingerprint density at radius 3 is 2.72 bits per heavy atom. The lowest BCUT2D eigenvalue weighted by atomic mass is 10.2. The van der Waals surface area contributed by atoms with Gasteiger partial charge in [-0.1, -0.05) is 11.6 Å². The molecule has 7 heteroatoms. The van der Waals surface area contributed by atoms with Crippen molar-refractivity contribution in [2.45, 2.75) is 26.8 Å². The summed E-state index contributed by atoms with van der Waals surface area (Å²) in [6, 6.07) is 8.82. The number of esters is 1. The van der Waals surface area contributed by atoms with E-state index in [4.69, 9.17) is 21.6 Å². The predicted molar refractivity (Wildman–Crippen MR) is 98.4 cm³/mol. The molecule has 0 aliphatic carbocycles. The predicted octanol–water partition coefficient (Wildman–Crippen LogP) is 4.35. The Morgan fingerprint density at radius 1 is 1.36 bits per heavy atom. The highest BCUT2D eigenvalue weighted by Gasteiger charge is 2.15. The number of aromatic nitrogens is 1. The van der Waals surface area contributed by atoms with Gasteiger partial charge in [0.2, 0.25) is 0 Å². The highest BCUT2D eigenvalue weighted by Crippen LogP contribution is 2.28. The molecule has 130 valence electrons. The van der Waals surface area contributed by atoms with E-state index in [9.17, 15) is 4.79 Å². The molecule has 0 fully saturated rings. The molecule has 1 heterocycles. The molecule has 0 radical (unpaired) electrons. The minimum Gasteiger partial charge on any atom is -0.462 e. The van der Waals surface area contributed by atoms with Gasteiger partial charge in [-0.3, -0.25) is 0 Å². The van der Waals surface area contributed by atoms with Gasteiger partial charge in [0.05, 0.1) is 34.6 Å². The first-order chi connectivity index (χ1) is 11.9. The Morgan fingerprint density at radius 2 is 2.12 bits per heavy atom. The monoisotopic (exact) mass is 358 g/mol. The summed E-state index contributed by atoms with van der Waals surface area (Å²) in [6.07, 6.45) is 1.46. The molecule has 0 atom stereocenters. The SMILES string of the molecule is CCOC(=O)c1cnc(Nc2ccc(C#N)cc2Cl)cc1NC(C)C. The molecule has 0 aliphatic rings. The van der Waals surface area contributed by atoms with Crippen molar-refractivity contribution in [2.75, 3.05) is 17.2 Å². The van der Waals surface area contributed by atoms with Crippen molar-refractivity contribution < 1.29 is 9.53 Å². The molecule has 25 heavy (non-hydrogen) atoms. The van der Waals surface area contributed by atoms with Crippen LogP contribution in [-0.2, 0) is 4.74 Å². The highest BCUT2D eigenvalue weighted by atomic mass is 35.5. The highest BCUT2D eigenvalue weighted by molar-refractivity contribution is 6.33. The lowest BCUT2D eigenvalue weighted by Crippen LogP contribution is -2.15. The zero-order chi connectivity index (χ0) is 18.4. The van der Waals surface area contributed by atoms with Crippen molar-refractivity contribution in [1.29, 1.82) is 5.26 Å². The van der Waals surface area contributed by atoms with Crippen molar-refractivity contribution in [1.82, 2.24) is 4.98 Å². The number of benzene rings is 1. The molecule has 0 bridgehead atoms. The number of anilines is 3. The molecule has 2 rings (SSSR count). The van der Waals surface area contributed by atoms with E-state index in [-0.39, 0.29) is 6.04 Å². The van der Waals surface area contributed by atoms with Crippen molar-refractivity contribution in [3.05, 3.63) is 46.6 Å². The van der Waals surface area contributed by atoms with Crippen LogP contribution in [0, 0.1) is 11.3 Å². The van der Waals surface area contributed by atoms with E-state index < -0.39 is 5.97 Å². The lowest BCUT2D eigenvalue weighted by molar-refractivity contribution is 0.0527. The third-order valence-corrected chi connectivity index (χ3v) is 3.52. The van der Waals surface area contributed by atoms with Gasteiger partial charge in [-0.25, -0.2) is 9.78 Å². The third-order valence-electron chi connectivity index (χ3n) is 3.20. The number of carbonyl (C=O) groups excluding carboxylic acids is 1. The van der Waals surface area contributed by atoms with Crippen molar-refractivity contribution in [3.63, 3.8) is 0 Å². The minimum absolute atomic E-state index is 0.127. The zero-order valence-electron chi connectivity index (χ0n) is 14.3. The van der Waals surface area contributed by atoms with Gasteiger partial charge in [-0.05, 0) is 39.0 Å². The average molecular weight is 359 g/mol. The Kier molecular flexibility index (Phi) is 6.20. The van der Waals surface area contributed by atoms with E-state index in [1.165, 1.54) is 6.20 Å². The zero-order valence-corrected chi connectivity index (χ0v) is 15.0. The smallest absolute Gasteiger partial charge is 0.341 e. The Labute approximate surface area is 151 Å². The summed E-state index contributed by atoms with van der Waals surface area (Å²) in [5.74, 6) is 0.0870. The molecule has 2 N–H and O–H groups in total. The first kappa shape index (κ1) is 18.6. The van der Waals surface area contributed by atoms with Crippen LogP contribution in [0.15, 0.2) is 30.5 Å². The van der Waals surface area contributed by atoms with Crippen LogP contribution in [0.25, 0.3) is 0 Å². The van der Waals surface area contributed by atoms with Crippen LogP contribution in [-0.4, -0.2) is 23.6 Å². The number of carbonyl (C=O) groups is 1. The molecule has 0 saturated heterocycles. The summed E-state index contributed by atoms with van der Waals surface area (Å²) in [6.45, 7) is 5.99. The summed E-state index contributed by atoms with van der Waals surface area (Å²) in [7, 11) is 0. The number of halogens is 1. The fraction of sp³-hybridized carbons (Fsp3) is 0.278. The second kappa shape index (κ2) is 8.36. The number of hydrogen-bond donors (Lipinski definition) is 2. The molecule has 1 aromatic carbocycles. The van der Waals surface area contributed by atoms with E-state index in [1.54, 1.807) is 31.2 Å². The number of hydrogen-bond acceptors (Lipinski definition) is 6. The molecule has 0 unspecified atom stereocenters. The Hall–Kier alpha value is -2.78. The van der Waals surface area contributed by atoms with E-state index in [0.717, 1.165) is 0 Å². The average Bonchev–Trinajstić information content (AvgIpc) is 2.56. The second-order valence-corrected chi connectivity index (χ2v) is 5.97. The van der Waals surface area contributed by atoms with Crippen molar-refractivity contribution in [2.24, 2.45) is 0 Å². The number of nitrogens with one attached hydrogen (secondary N) is 2. The molecule has 1 aromatic heterocycles. The largest absolute Gasteiger partial charge is 0.462 e. The molecular weight excluding hydrogens is 340 g/mol. The maximum Gasteiger partial charge on any atom is 0.341 e. The van der Waals surface area contributed by atoms with Crippen molar-refractivity contribution in [3.8, 4) is 6.07 Å². The minimum atomic E-state index is -0.430. The van der Waals surface area contributed by atoms with Gasteiger partial charge in [0.25, 0.3) is 0 Å². The van der Waals surface area contributed by atoms with Gasteiger partial charge >= 0.3 is 5.97 Å². The molecule has 0 amide bonds. The fourth-order valence-electron chi connectivity index (χ4n) is 2.15. The Balaban J connectivity index is 2.33. The van der Waals surface area contributed by atoms with E-state index in [1.807, 2.05) is 19.9 Å². The van der Waals surface area contributed by atoms with Crippen LogP contribution in [0.3, 0.4) is 0 Å². The summed E-state index contributed by atoms with van der Waals surface area (Å²) in [5.41, 5.74) is 2.08. The van der Waals surface area contributed by atoms with Crippen LogP contribution in [0.4, 0.5) is 17.2 Å². The molecule has 0 saturated carbocycles. The summed E-state index contributed by atoms with van der Waals surface area (Å²) >= 11 is 6.17. The summed E-state index contributed by atoms with van der Waals surface area (Å²) in [5, 5.41) is 15.6. The first-order valence-electron chi connectivity index (χ1n) is 7.85. The van der Waals surface area contributed by atoms with Crippen LogP contribution in [0.2, 0.25) is 5.02 Å². The van der Waals surface area contributed by atoms with Crippen LogP contribution >= 0.6 is 11.6 Å². The van der Waals surface area contributed by atoms with Crippen LogP contribution in [0.5, 0.6) is 0 Å². The fourth-order valence-corrected chi connectivity index (χ4v) is 2.38. The first-order valence-corrected chi connectivity index (χ1v) is 8.22. The Bertz CT molecular complexity index is 815. The lowest BCUT2D eigenvalue weighted by Gasteiger charge is -2.16.